The van der Waals surface area contributed by atoms with Gasteiger partial charge in [-0.15, -0.1) is 12.4 Å². The Morgan fingerprint density at radius 3 is 2.86 bits per heavy atom. The SMILES string of the molecule is CC[C@@H](N)c1cc2nccn2nc1-c1cccc(F)c1.Cl. The van der Waals surface area contributed by atoms with Gasteiger partial charge in [0.1, 0.15) is 5.82 Å². The second kappa shape index (κ2) is 6.20. The monoisotopic (exact) mass is 306 g/mol. The highest BCUT2D eigenvalue weighted by Crippen LogP contribution is 2.28. The van der Waals surface area contributed by atoms with Gasteiger partial charge in [0, 0.05) is 29.6 Å². The normalized spacial score (nSPS) is 12.1. The molecule has 0 aliphatic heterocycles. The van der Waals surface area contributed by atoms with Gasteiger partial charge >= 0.3 is 0 Å². The fourth-order valence-electron chi connectivity index (χ4n) is 2.23. The van der Waals surface area contributed by atoms with Gasteiger partial charge in [0.2, 0.25) is 0 Å². The first-order valence-electron chi connectivity index (χ1n) is 6.55. The van der Waals surface area contributed by atoms with Gasteiger partial charge < -0.3 is 5.73 Å². The molecule has 0 saturated heterocycles. The topological polar surface area (TPSA) is 56.2 Å². The zero-order chi connectivity index (χ0) is 14.1. The van der Waals surface area contributed by atoms with E-state index in [1.54, 1.807) is 23.0 Å². The molecule has 2 heterocycles. The molecular formula is C15H16ClFN4. The van der Waals surface area contributed by atoms with Crippen molar-refractivity contribution in [2.75, 3.05) is 0 Å². The van der Waals surface area contributed by atoms with E-state index in [0.717, 1.165) is 23.2 Å². The van der Waals surface area contributed by atoms with Crippen LogP contribution in [0.25, 0.3) is 16.9 Å². The van der Waals surface area contributed by atoms with Crippen molar-refractivity contribution < 1.29 is 4.39 Å². The van der Waals surface area contributed by atoms with Gasteiger partial charge in [-0.25, -0.2) is 13.9 Å². The average molecular weight is 307 g/mol. The molecule has 0 aliphatic rings. The van der Waals surface area contributed by atoms with E-state index in [4.69, 9.17) is 5.73 Å². The molecule has 0 saturated carbocycles. The summed E-state index contributed by atoms with van der Waals surface area (Å²) in [5.74, 6) is -0.286. The number of benzene rings is 1. The first-order valence-corrected chi connectivity index (χ1v) is 6.55. The van der Waals surface area contributed by atoms with E-state index in [9.17, 15) is 4.39 Å². The Labute approximate surface area is 128 Å². The number of halogens is 2. The van der Waals surface area contributed by atoms with Gasteiger partial charge in [-0.05, 0) is 24.6 Å². The lowest BCUT2D eigenvalue weighted by Crippen LogP contribution is -2.12. The third-order valence-electron chi connectivity index (χ3n) is 3.35. The molecule has 110 valence electrons. The summed E-state index contributed by atoms with van der Waals surface area (Å²) in [6, 6.07) is 8.16. The quantitative estimate of drug-likeness (QED) is 0.807. The highest BCUT2D eigenvalue weighted by Gasteiger charge is 2.15. The van der Waals surface area contributed by atoms with Crippen molar-refractivity contribution in [3.8, 4) is 11.3 Å². The van der Waals surface area contributed by atoms with Crippen LogP contribution in [0.4, 0.5) is 4.39 Å². The summed E-state index contributed by atoms with van der Waals surface area (Å²) in [4.78, 5) is 4.22. The number of aromatic nitrogens is 3. The molecule has 3 aromatic rings. The Hall–Kier alpha value is -1.98. The molecule has 4 nitrogen and oxygen atoms in total. The van der Waals surface area contributed by atoms with Gasteiger partial charge in [-0.3, -0.25) is 0 Å². The Morgan fingerprint density at radius 1 is 1.33 bits per heavy atom. The predicted octanol–water partition coefficient (Wildman–Crippen LogP) is 3.37. The van der Waals surface area contributed by atoms with Crippen LogP contribution in [0, 0.1) is 5.82 Å². The Morgan fingerprint density at radius 2 is 2.14 bits per heavy atom. The number of hydrogen-bond acceptors (Lipinski definition) is 3. The van der Waals surface area contributed by atoms with Crippen LogP contribution < -0.4 is 5.73 Å². The summed E-state index contributed by atoms with van der Waals surface area (Å²) in [7, 11) is 0. The Balaban J connectivity index is 0.00000161. The van der Waals surface area contributed by atoms with Crippen molar-refractivity contribution in [1.82, 2.24) is 14.6 Å². The summed E-state index contributed by atoms with van der Waals surface area (Å²) in [5, 5.41) is 4.52. The van der Waals surface area contributed by atoms with E-state index in [1.807, 2.05) is 19.1 Å². The fourth-order valence-corrected chi connectivity index (χ4v) is 2.23. The number of imidazole rings is 1. The number of fused-ring (bicyclic) bond motifs is 1. The molecule has 2 N–H and O–H groups in total. The van der Waals surface area contributed by atoms with Crippen molar-refractivity contribution in [3.05, 3.63) is 54.1 Å². The van der Waals surface area contributed by atoms with E-state index >= 15 is 0 Å². The van der Waals surface area contributed by atoms with Crippen molar-refractivity contribution in [2.24, 2.45) is 5.73 Å². The number of nitrogens with zero attached hydrogens (tertiary/aromatic N) is 3. The summed E-state index contributed by atoms with van der Waals surface area (Å²) < 4.78 is 15.1. The summed E-state index contributed by atoms with van der Waals surface area (Å²) in [5.41, 5.74) is 9.21. The Bertz CT molecular complexity index is 756. The predicted molar refractivity (Wildman–Crippen MR) is 82.8 cm³/mol. The summed E-state index contributed by atoms with van der Waals surface area (Å²) in [6.07, 6.45) is 4.22. The molecule has 0 amide bonds. The van der Waals surface area contributed by atoms with Gasteiger partial charge in [0.25, 0.3) is 0 Å². The maximum absolute atomic E-state index is 13.4. The van der Waals surface area contributed by atoms with Gasteiger partial charge in [-0.1, -0.05) is 19.1 Å². The van der Waals surface area contributed by atoms with Crippen LogP contribution in [0.1, 0.15) is 24.9 Å². The van der Waals surface area contributed by atoms with Crippen LogP contribution >= 0.6 is 12.4 Å². The van der Waals surface area contributed by atoms with E-state index in [0.29, 0.717) is 5.69 Å². The van der Waals surface area contributed by atoms with E-state index in [2.05, 4.69) is 10.1 Å². The molecule has 6 heteroatoms. The first-order chi connectivity index (χ1) is 9.69. The average Bonchev–Trinajstić information content (AvgIpc) is 2.92. The van der Waals surface area contributed by atoms with Crippen molar-refractivity contribution in [2.45, 2.75) is 19.4 Å². The maximum Gasteiger partial charge on any atom is 0.153 e. The molecule has 0 radical (unpaired) electrons. The second-order valence-corrected chi connectivity index (χ2v) is 4.70. The van der Waals surface area contributed by atoms with E-state index in [-0.39, 0.29) is 24.3 Å². The molecular weight excluding hydrogens is 291 g/mol. The molecule has 2 aromatic heterocycles. The molecule has 0 unspecified atom stereocenters. The van der Waals surface area contributed by atoms with Crippen molar-refractivity contribution in [1.29, 1.82) is 0 Å². The van der Waals surface area contributed by atoms with Crippen LogP contribution in [0.2, 0.25) is 0 Å². The molecule has 0 aliphatic carbocycles. The van der Waals surface area contributed by atoms with Crippen LogP contribution in [0.3, 0.4) is 0 Å². The molecule has 0 bridgehead atoms. The zero-order valence-electron chi connectivity index (χ0n) is 11.5. The van der Waals surface area contributed by atoms with Crippen LogP contribution in [0.15, 0.2) is 42.7 Å². The third-order valence-corrected chi connectivity index (χ3v) is 3.35. The smallest absolute Gasteiger partial charge is 0.153 e. The van der Waals surface area contributed by atoms with E-state index in [1.165, 1.54) is 12.1 Å². The largest absolute Gasteiger partial charge is 0.324 e. The molecule has 3 rings (SSSR count). The molecule has 0 fully saturated rings. The van der Waals surface area contributed by atoms with Gasteiger partial charge in [-0.2, -0.15) is 5.10 Å². The zero-order valence-corrected chi connectivity index (χ0v) is 12.3. The van der Waals surface area contributed by atoms with Gasteiger partial charge in [0.05, 0.1) is 5.69 Å². The Kier molecular flexibility index (Phi) is 4.55. The molecule has 21 heavy (non-hydrogen) atoms. The minimum Gasteiger partial charge on any atom is -0.324 e. The summed E-state index contributed by atoms with van der Waals surface area (Å²) >= 11 is 0. The highest BCUT2D eigenvalue weighted by molar-refractivity contribution is 5.85. The number of nitrogens with two attached hydrogens (primary N) is 1. The minimum absolute atomic E-state index is 0. The number of hydrogen-bond donors (Lipinski definition) is 1. The van der Waals surface area contributed by atoms with Crippen LogP contribution in [0.5, 0.6) is 0 Å². The second-order valence-electron chi connectivity index (χ2n) is 4.70. The third kappa shape index (κ3) is 2.89. The molecule has 1 atom stereocenters. The van der Waals surface area contributed by atoms with Crippen LogP contribution in [-0.2, 0) is 0 Å². The number of rotatable bonds is 3. The lowest BCUT2D eigenvalue weighted by molar-refractivity contribution is 0.628. The standard InChI is InChI=1S/C15H15FN4.ClH/c1-2-13(17)12-9-14-18-6-7-20(14)19-15(12)10-4-3-5-11(16)8-10;/h3-9,13H,2,17H2,1H3;1H/t13-;/m1./s1. The molecule has 0 spiro atoms. The maximum atomic E-state index is 13.4. The molecule has 1 aromatic carbocycles. The van der Waals surface area contributed by atoms with Crippen molar-refractivity contribution >= 4 is 18.1 Å². The van der Waals surface area contributed by atoms with Crippen molar-refractivity contribution in [3.63, 3.8) is 0 Å². The summed E-state index contributed by atoms with van der Waals surface area (Å²) in [6.45, 7) is 2.01. The van der Waals surface area contributed by atoms with E-state index < -0.39 is 0 Å². The first kappa shape index (κ1) is 15.4. The minimum atomic E-state index is -0.286. The highest BCUT2D eigenvalue weighted by atomic mass is 35.5. The lowest BCUT2D eigenvalue weighted by atomic mass is 9.99. The van der Waals surface area contributed by atoms with Crippen LogP contribution in [-0.4, -0.2) is 14.6 Å². The van der Waals surface area contributed by atoms with Gasteiger partial charge in [0.15, 0.2) is 5.65 Å². The lowest BCUT2D eigenvalue weighted by Gasteiger charge is -2.14. The fraction of sp³-hybridized carbons (Fsp3) is 0.200.